The molecule has 0 aliphatic carbocycles. The summed E-state index contributed by atoms with van der Waals surface area (Å²) in [6, 6.07) is 0. The van der Waals surface area contributed by atoms with E-state index in [1.54, 1.807) is 0 Å². The average Bonchev–Trinajstić information content (AvgIpc) is 1.68. The highest BCUT2D eigenvalue weighted by molar-refractivity contribution is 6.34. The van der Waals surface area contributed by atoms with Gasteiger partial charge in [-0.05, 0) is 0 Å². The average molecular weight is 102 g/mol. The van der Waals surface area contributed by atoms with Gasteiger partial charge >= 0.3 is 7.32 Å². The van der Waals surface area contributed by atoms with E-state index in [1.807, 2.05) is 0 Å². The number of rotatable bonds is 3. The van der Waals surface area contributed by atoms with Crippen molar-refractivity contribution in [2.24, 2.45) is 0 Å². The Labute approximate surface area is 42.7 Å². The maximum absolute atomic E-state index is 8.34. The molecule has 0 aliphatic rings. The van der Waals surface area contributed by atoms with Gasteiger partial charge in [-0.3, -0.25) is 0 Å². The van der Waals surface area contributed by atoms with Crippen LogP contribution in [-0.4, -0.2) is 19.5 Å². The second-order valence-corrected chi connectivity index (χ2v) is 0.845. The molecule has 0 aromatic heterocycles. The van der Waals surface area contributed by atoms with Gasteiger partial charge in [0, 0.05) is 7.11 Å². The van der Waals surface area contributed by atoms with E-state index in [2.05, 4.69) is 15.9 Å². The largest absolute Gasteiger partial charge is 0.709 e. The molecule has 0 heterocycles. The molecule has 4 heteroatoms. The van der Waals surface area contributed by atoms with Crippen LogP contribution in [0.1, 0.15) is 0 Å². The fourth-order valence-corrected chi connectivity index (χ4v) is 0.138. The Morgan fingerprint density at radius 3 is 2.57 bits per heavy atom. The monoisotopic (exact) mass is 102 g/mol. The van der Waals surface area contributed by atoms with Crippen molar-refractivity contribution in [2.75, 3.05) is 7.11 Å². The van der Waals surface area contributed by atoms with Gasteiger partial charge in [-0.15, -0.1) is 0 Å². The van der Waals surface area contributed by atoms with Crippen LogP contribution in [0.4, 0.5) is 0 Å². The van der Waals surface area contributed by atoms with Crippen LogP contribution in [0.25, 0.3) is 0 Å². The quantitative estimate of drug-likeness (QED) is 0.395. The van der Waals surface area contributed by atoms with Crippen molar-refractivity contribution in [1.29, 1.82) is 0 Å². The van der Waals surface area contributed by atoms with Crippen molar-refractivity contribution in [3.05, 3.63) is 12.8 Å². The van der Waals surface area contributed by atoms with Gasteiger partial charge in [-0.1, -0.05) is 6.58 Å². The molecule has 7 heavy (non-hydrogen) atoms. The van der Waals surface area contributed by atoms with Gasteiger partial charge in [0.15, 0.2) is 0 Å². The Bertz CT molecular complexity index is 56.1. The van der Waals surface area contributed by atoms with Crippen molar-refractivity contribution >= 4 is 7.32 Å². The summed E-state index contributed by atoms with van der Waals surface area (Å²) in [5.41, 5.74) is 0. The summed E-state index contributed by atoms with van der Waals surface area (Å²) in [4.78, 5) is 0. The second kappa shape index (κ2) is 3.71. The molecule has 3 nitrogen and oxygen atoms in total. The molecular formula is C3H7BO3. The summed E-state index contributed by atoms with van der Waals surface area (Å²) in [6.07, 6.45) is 1.11. The fourth-order valence-electron chi connectivity index (χ4n) is 0.138. The molecule has 0 saturated heterocycles. The second-order valence-electron chi connectivity index (χ2n) is 0.845. The molecule has 0 unspecified atom stereocenters. The predicted octanol–water partition coefficient (Wildman–Crippen LogP) is -0.230. The van der Waals surface area contributed by atoms with Gasteiger partial charge in [-0.2, -0.15) is 0 Å². The zero-order valence-corrected chi connectivity index (χ0v) is 4.13. The van der Waals surface area contributed by atoms with Crippen molar-refractivity contribution in [1.82, 2.24) is 0 Å². The third-order valence-corrected chi connectivity index (χ3v) is 0.414. The smallest absolute Gasteiger partial charge is 0.519 e. The minimum Gasteiger partial charge on any atom is -0.519 e. The van der Waals surface area contributed by atoms with Gasteiger partial charge in [-0.25, -0.2) is 0 Å². The molecule has 0 atom stereocenters. The summed E-state index contributed by atoms with van der Waals surface area (Å²) in [5, 5.41) is 8.34. The van der Waals surface area contributed by atoms with E-state index >= 15 is 0 Å². The molecule has 0 spiro atoms. The van der Waals surface area contributed by atoms with Gasteiger partial charge in [0.25, 0.3) is 0 Å². The third-order valence-electron chi connectivity index (χ3n) is 0.414. The molecule has 0 aromatic carbocycles. The standard InChI is InChI=1S/C3H7BO3/c1-3-7-4(5)6-2/h3,5H,1H2,2H3. The number of hydrogen-bond acceptors (Lipinski definition) is 3. The van der Waals surface area contributed by atoms with E-state index in [0.29, 0.717) is 0 Å². The molecule has 0 saturated carbocycles. The number of hydrogen-bond donors (Lipinski definition) is 1. The summed E-state index contributed by atoms with van der Waals surface area (Å²) < 4.78 is 8.54. The van der Waals surface area contributed by atoms with Crippen LogP contribution in [0.2, 0.25) is 0 Å². The van der Waals surface area contributed by atoms with Crippen LogP contribution in [0.15, 0.2) is 12.8 Å². The topological polar surface area (TPSA) is 38.7 Å². The summed E-state index contributed by atoms with van der Waals surface area (Å²) in [7, 11) is 0.159. The highest BCUT2D eigenvalue weighted by Gasteiger charge is 2.10. The molecule has 0 aliphatic heterocycles. The SMILES string of the molecule is C=COB(O)OC. The summed E-state index contributed by atoms with van der Waals surface area (Å²) >= 11 is 0. The minimum atomic E-state index is -1.17. The molecule has 0 bridgehead atoms. The van der Waals surface area contributed by atoms with E-state index in [1.165, 1.54) is 7.11 Å². The Hall–Kier alpha value is -0.475. The van der Waals surface area contributed by atoms with E-state index in [0.717, 1.165) is 6.26 Å². The van der Waals surface area contributed by atoms with Crippen LogP contribution in [0.3, 0.4) is 0 Å². The van der Waals surface area contributed by atoms with Crippen LogP contribution in [0, 0.1) is 0 Å². The van der Waals surface area contributed by atoms with E-state index in [4.69, 9.17) is 5.02 Å². The molecule has 0 amide bonds. The van der Waals surface area contributed by atoms with Crippen LogP contribution >= 0.6 is 0 Å². The molecular weight excluding hydrogens is 94.8 g/mol. The van der Waals surface area contributed by atoms with E-state index in [-0.39, 0.29) is 0 Å². The van der Waals surface area contributed by atoms with Crippen molar-refractivity contribution in [2.45, 2.75) is 0 Å². The summed E-state index contributed by atoms with van der Waals surface area (Å²) in [6.45, 7) is 3.19. The highest BCUT2D eigenvalue weighted by Crippen LogP contribution is 1.78. The third kappa shape index (κ3) is 3.35. The van der Waals surface area contributed by atoms with Crippen molar-refractivity contribution < 1.29 is 14.3 Å². The molecule has 1 N–H and O–H groups in total. The Balaban J connectivity index is 2.98. The van der Waals surface area contributed by atoms with Crippen molar-refractivity contribution in [3.63, 3.8) is 0 Å². The lowest BCUT2D eigenvalue weighted by atomic mass is 10.2. The maximum atomic E-state index is 8.34. The first-order chi connectivity index (χ1) is 3.31. The zero-order valence-electron chi connectivity index (χ0n) is 4.13. The van der Waals surface area contributed by atoms with Gasteiger partial charge in [0.2, 0.25) is 0 Å². The molecule has 0 radical (unpaired) electrons. The maximum Gasteiger partial charge on any atom is 0.709 e. The van der Waals surface area contributed by atoms with E-state index < -0.39 is 7.32 Å². The Morgan fingerprint density at radius 1 is 1.86 bits per heavy atom. The van der Waals surface area contributed by atoms with E-state index in [9.17, 15) is 0 Å². The molecule has 40 valence electrons. The molecule has 0 aromatic rings. The molecule has 0 rings (SSSR count). The highest BCUT2D eigenvalue weighted by atomic mass is 16.7. The first-order valence-corrected chi connectivity index (χ1v) is 1.78. The Morgan fingerprint density at radius 2 is 2.43 bits per heavy atom. The van der Waals surface area contributed by atoms with Crippen molar-refractivity contribution in [3.8, 4) is 0 Å². The Kier molecular flexibility index (Phi) is 3.45. The minimum absolute atomic E-state index is 1.11. The van der Waals surface area contributed by atoms with Gasteiger partial charge in [0.05, 0.1) is 6.26 Å². The molecule has 0 fully saturated rings. The van der Waals surface area contributed by atoms with Gasteiger partial charge < -0.3 is 14.3 Å². The normalized spacial score (nSPS) is 7.71. The first-order valence-electron chi connectivity index (χ1n) is 1.78. The first kappa shape index (κ1) is 6.52. The zero-order chi connectivity index (χ0) is 5.70. The van der Waals surface area contributed by atoms with Crippen LogP contribution < -0.4 is 0 Å². The predicted molar refractivity (Wildman–Crippen MR) is 26.3 cm³/mol. The summed E-state index contributed by atoms with van der Waals surface area (Å²) in [5.74, 6) is 0. The van der Waals surface area contributed by atoms with Gasteiger partial charge in [0.1, 0.15) is 0 Å². The fraction of sp³-hybridized carbons (Fsp3) is 0.333. The van der Waals surface area contributed by atoms with Crippen LogP contribution in [-0.2, 0) is 9.31 Å². The van der Waals surface area contributed by atoms with Crippen LogP contribution in [0.5, 0.6) is 0 Å². The lowest BCUT2D eigenvalue weighted by Gasteiger charge is -1.97. The lowest BCUT2D eigenvalue weighted by Crippen LogP contribution is -2.16. The lowest BCUT2D eigenvalue weighted by molar-refractivity contribution is 0.215.